The Kier molecular flexibility index (Phi) is 6.84. The Hall–Kier alpha value is -2.39. The molecule has 9 heteroatoms. The summed E-state index contributed by atoms with van der Waals surface area (Å²) in [6, 6.07) is 0. The fraction of sp³-hybridized carbons (Fsp3) is 0.759. The van der Waals surface area contributed by atoms with Crippen molar-refractivity contribution in [3.8, 4) is 0 Å². The number of carboxylic acids is 1. The van der Waals surface area contributed by atoms with Crippen LogP contribution < -0.4 is 0 Å². The lowest BCUT2D eigenvalue weighted by Gasteiger charge is -2.61. The number of hydrogen-bond donors (Lipinski definition) is 3. The first kappa shape index (κ1) is 28.6. The maximum absolute atomic E-state index is 14.5. The molecule has 38 heavy (non-hydrogen) atoms. The monoisotopic (exact) mass is 532 g/mol. The van der Waals surface area contributed by atoms with Crippen molar-refractivity contribution in [2.45, 2.75) is 92.3 Å². The molecule has 210 valence electrons. The maximum Gasteiger partial charge on any atom is 0.303 e. The average Bonchev–Trinajstić information content (AvgIpc) is 3.05. The number of Topliss-reactive ketones (excluding diaryl/α,β-unsaturated/α-hetero) is 3. The number of carboxylic acid groups (broad SMARTS) is 1. The highest BCUT2D eigenvalue weighted by Crippen LogP contribution is 2.70. The molecule has 0 bridgehead atoms. The molecule has 0 aromatic rings. The fourth-order valence-electron chi connectivity index (χ4n) is 8.76. The summed E-state index contributed by atoms with van der Waals surface area (Å²) in [7, 11) is 0. The predicted octanol–water partition coefficient (Wildman–Crippen LogP) is 2.65. The Morgan fingerprint density at radius 3 is 2.26 bits per heavy atom. The smallest absolute Gasteiger partial charge is 0.303 e. The van der Waals surface area contributed by atoms with Crippen molar-refractivity contribution in [3.63, 3.8) is 0 Å². The second-order valence-corrected chi connectivity index (χ2v) is 13.0. The zero-order chi connectivity index (χ0) is 28.6. The van der Waals surface area contributed by atoms with Crippen LogP contribution in [0.5, 0.6) is 0 Å². The number of aliphatic hydroxyl groups is 2. The minimum atomic E-state index is -1.42. The molecule has 0 amide bonds. The van der Waals surface area contributed by atoms with Crippen molar-refractivity contribution in [1.29, 1.82) is 0 Å². The molecule has 0 heterocycles. The first-order chi connectivity index (χ1) is 17.5. The van der Waals surface area contributed by atoms with Crippen LogP contribution in [0.3, 0.4) is 0 Å². The fourth-order valence-corrected chi connectivity index (χ4v) is 8.76. The molecular formula is C29H40O9. The summed E-state index contributed by atoms with van der Waals surface area (Å²) in [5.74, 6) is -4.06. The largest absolute Gasteiger partial charge is 0.481 e. The highest BCUT2D eigenvalue weighted by Gasteiger charge is 2.74. The van der Waals surface area contributed by atoms with Crippen LogP contribution in [0, 0.1) is 39.4 Å². The Bertz CT molecular complexity index is 1140. The minimum absolute atomic E-state index is 0.0207. The van der Waals surface area contributed by atoms with E-state index in [0.29, 0.717) is 12.8 Å². The number of allylic oxidation sites excluding steroid dienone is 1. The molecule has 4 rings (SSSR count). The lowest BCUT2D eigenvalue weighted by atomic mass is 9.42. The zero-order valence-electron chi connectivity index (χ0n) is 23.1. The molecule has 2 fully saturated rings. The lowest BCUT2D eigenvalue weighted by molar-refractivity contribution is -0.177. The van der Waals surface area contributed by atoms with E-state index in [2.05, 4.69) is 0 Å². The summed E-state index contributed by atoms with van der Waals surface area (Å²) in [6.07, 6.45) is -1.34. The van der Waals surface area contributed by atoms with E-state index < -0.39 is 63.4 Å². The van der Waals surface area contributed by atoms with E-state index in [0.717, 1.165) is 0 Å². The second-order valence-electron chi connectivity index (χ2n) is 13.0. The van der Waals surface area contributed by atoms with Gasteiger partial charge >= 0.3 is 11.9 Å². The van der Waals surface area contributed by atoms with Crippen LogP contribution in [-0.4, -0.2) is 63.4 Å². The van der Waals surface area contributed by atoms with Gasteiger partial charge in [0.25, 0.3) is 0 Å². The first-order valence-electron chi connectivity index (χ1n) is 13.6. The zero-order valence-corrected chi connectivity index (χ0v) is 23.1. The maximum atomic E-state index is 14.5. The van der Waals surface area contributed by atoms with Crippen LogP contribution >= 0.6 is 0 Å². The molecular weight excluding hydrogens is 492 g/mol. The predicted molar refractivity (Wildman–Crippen MR) is 135 cm³/mol. The van der Waals surface area contributed by atoms with Gasteiger partial charge in [0.2, 0.25) is 5.78 Å². The number of ketones is 3. The Morgan fingerprint density at radius 2 is 1.71 bits per heavy atom. The van der Waals surface area contributed by atoms with Gasteiger partial charge in [-0.1, -0.05) is 27.7 Å². The first-order valence-corrected chi connectivity index (χ1v) is 13.6. The normalized spacial score (nSPS) is 43.3. The van der Waals surface area contributed by atoms with E-state index in [1.165, 1.54) is 6.92 Å². The van der Waals surface area contributed by atoms with Crippen LogP contribution in [-0.2, 0) is 28.7 Å². The molecule has 0 aromatic carbocycles. The lowest BCUT2D eigenvalue weighted by Crippen LogP contribution is -2.65. The van der Waals surface area contributed by atoms with Gasteiger partial charge in [-0.15, -0.1) is 0 Å². The summed E-state index contributed by atoms with van der Waals surface area (Å²) in [6.45, 7) is 9.67. The Balaban J connectivity index is 1.98. The van der Waals surface area contributed by atoms with Gasteiger partial charge in [0.15, 0.2) is 11.9 Å². The van der Waals surface area contributed by atoms with Crippen LogP contribution in [0.1, 0.15) is 80.1 Å². The number of aliphatic carboxylic acids is 1. The molecule has 0 unspecified atom stereocenters. The third-order valence-corrected chi connectivity index (χ3v) is 11.2. The van der Waals surface area contributed by atoms with Crippen molar-refractivity contribution >= 4 is 29.3 Å². The van der Waals surface area contributed by atoms with Gasteiger partial charge in [-0.25, -0.2) is 0 Å². The standard InChI is InChI=1S/C29H40O9/c1-14(7-8-21(35)36)16-11-20(34)29(6)22-17(32)12-18-26(3,10-9-19(33)27(18,4)13-30)23(22)24(37)25(28(16,29)5)38-15(2)31/h14,16,18-19,25,30,33H,7-13H2,1-6H3,(H,35,36)/t14-,16+,18-,19-,25+,26-,27-,28-,29-/m0/s1. The Labute approximate surface area is 223 Å². The quantitative estimate of drug-likeness (QED) is 0.438. The number of rotatable bonds is 6. The van der Waals surface area contributed by atoms with Gasteiger partial charge in [0.1, 0.15) is 5.78 Å². The minimum Gasteiger partial charge on any atom is -0.481 e. The molecule has 9 nitrogen and oxygen atoms in total. The van der Waals surface area contributed by atoms with E-state index in [9.17, 15) is 39.3 Å². The number of fused-ring (bicyclic) bond motifs is 4. The third kappa shape index (κ3) is 3.53. The highest BCUT2D eigenvalue weighted by molar-refractivity contribution is 6.18. The summed E-state index contributed by atoms with van der Waals surface area (Å²) in [5, 5.41) is 30.4. The second kappa shape index (κ2) is 9.08. The van der Waals surface area contributed by atoms with Crippen molar-refractivity contribution in [2.24, 2.45) is 39.4 Å². The molecule has 0 aromatic heterocycles. The third-order valence-electron chi connectivity index (χ3n) is 11.2. The van der Waals surface area contributed by atoms with E-state index >= 15 is 0 Å². The van der Waals surface area contributed by atoms with Gasteiger partial charge in [-0.05, 0) is 43.9 Å². The van der Waals surface area contributed by atoms with Gasteiger partial charge in [-0.2, -0.15) is 0 Å². The molecule has 3 N–H and O–H groups in total. The molecule has 0 radical (unpaired) electrons. The van der Waals surface area contributed by atoms with Crippen molar-refractivity contribution in [1.82, 2.24) is 0 Å². The Morgan fingerprint density at radius 1 is 1.08 bits per heavy atom. The summed E-state index contributed by atoms with van der Waals surface area (Å²) >= 11 is 0. The van der Waals surface area contributed by atoms with Crippen LogP contribution in [0.15, 0.2) is 11.1 Å². The number of hydrogen-bond acceptors (Lipinski definition) is 8. The molecule has 0 spiro atoms. The number of esters is 1. The topological polar surface area (TPSA) is 155 Å². The average molecular weight is 533 g/mol. The van der Waals surface area contributed by atoms with Gasteiger partial charge in [0, 0.05) is 53.6 Å². The van der Waals surface area contributed by atoms with Crippen LogP contribution in [0.25, 0.3) is 0 Å². The summed E-state index contributed by atoms with van der Waals surface area (Å²) in [5.41, 5.74) is -4.25. The highest BCUT2D eigenvalue weighted by atomic mass is 16.5. The van der Waals surface area contributed by atoms with Gasteiger partial charge in [0.05, 0.1) is 18.1 Å². The van der Waals surface area contributed by atoms with Crippen LogP contribution in [0.4, 0.5) is 0 Å². The number of carbonyl (C=O) groups excluding carboxylic acids is 4. The molecule has 0 aliphatic heterocycles. The van der Waals surface area contributed by atoms with E-state index in [1.54, 1.807) is 20.8 Å². The number of ether oxygens (including phenoxy) is 1. The molecule has 2 saturated carbocycles. The molecule has 4 aliphatic rings. The van der Waals surface area contributed by atoms with E-state index in [-0.39, 0.29) is 60.9 Å². The van der Waals surface area contributed by atoms with Crippen LogP contribution in [0.2, 0.25) is 0 Å². The molecule has 9 atom stereocenters. The van der Waals surface area contributed by atoms with Crippen molar-refractivity contribution < 1.29 is 44.0 Å². The number of carbonyl (C=O) groups is 5. The van der Waals surface area contributed by atoms with E-state index in [4.69, 9.17) is 4.74 Å². The van der Waals surface area contributed by atoms with E-state index in [1.807, 2.05) is 13.8 Å². The molecule has 4 aliphatic carbocycles. The van der Waals surface area contributed by atoms with Gasteiger partial charge in [-0.3, -0.25) is 24.0 Å². The summed E-state index contributed by atoms with van der Waals surface area (Å²) in [4.78, 5) is 66.2. The summed E-state index contributed by atoms with van der Waals surface area (Å²) < 4.78 is 5.75. The molecule has 0 saturated heterocycles. The van der Waals surface area contributed by atoms with Gasteiger partial charge < -0.3 is 20.1 Å². The van der Waals surface area contributed by atoms with Crippen molar-refractivity contribution in [2.75, 3.05) is 6.61 Å². The number of aliphatic hydroxyl groups excluding tert-OH is 2. The SMILES string of the molecule is CC(=O)O[C@@H]1C(=O)C2=C(C(=O)C[C@@H]3[C@](C)(CO)[C@@H](O)CC[C@]23C)[C@]2(C)C(=O)C[C@H]([C@@H](C)CCC(=O)O)[C@@]12C. The van der Waals surface area contributed by atoms with Crippen molar-refractivity contribution in [3.05, 3.63) is 11.1 Å².